The Balaban J connectivity index is 2.91. The molecule has 0 aliphatic rings. The van der Waals surface area contributed by atoms with Crippen molar-refractivity contribution < 1.29 is 4.79 Å². The number of carbonyl (C=O) groups excluding carboxylic acids is 1. The lowest BCUT2D eigenvalue weighted by Gasteiger charge is -2.04. The van der Waals surface area contributed by atoms with Gasteiger partial charge in [0.15, 0.2) is 5.78 Å². The van der Waals surface area contributed by atoms with Crippen molar-refractivity contribution in [2.24, 2.45) is 0 Å². The van der Waals surface area contributed by atoms with E-state index in [-0.39, 0.29) is 5.78 Å². The van der Waals surface area contributed by atoms with Crippen LogP contribution in [0.25, 0.3) is 0 Å². The van der Waals surface area contributed by atoms with E-state index in [0.717, 1.165) is 16.7 Å². The molecule has 15 heavy (non-hydrogen) atoms. The van der Waals surface area contributed by atoms with Gasteiger partial charge in [-0.05, 0) is 26.0 Å². The van der Waals surface area contributed by atoms with Crippen LogP contribution in [0.15, 0.2) is 30.5 Å². The highest BCUT2D eigenvalue weighted by Gasteiger charge is 2.02. The molecule has 0 radical (unpaired) electrons. The number of nitrogens with zero attached hydrogens (tertiary/aromatic N) is 1. The molecule has 0 heterocycles. The minimum Gasteiger partial charge on any atom is -0.383 e. The Labute approximate surface area is 91.2 Å². The Morgan fingerprint density at radius 3 is 2.13 bits per heavy atom. The molecule has 2 nitrogen and oxygen atoms in total. The summed E-state index contributed by atoms with van der Waals surface area (Å²) in [5.74, 6) is 0.0514. The lowest BCUT2D eigenvalue weighted by molar-refractivity contribution is 0.104. The third kappa shape index (κ3) is 3.58. The van der Waals surface area contributed by atoms with Crippen molar-refractivity contribution in [2.75, 3.05) is 14.1 Å². The van der Waals surface area contributed by atoms with Crippen molar-refractivity contribution in [1.82, 2.24) is 4.90 Å². The van der Waals surface area contributed by atoms with Crippen LogP contribution in [0.1, 0.15) is 21.5 Å². The van der Waals surface area contributed by atoms with E-state index >= 15 is 0 Å². The summed E-state index contributed by atoms with van der Waals surface area (Å²) in [6.45, 7) is 4.00. The summed E-state index contributed by atoms with van der Waals surface area (Å²) >= 11 is 0. The van der Waals surface area contributed by atoms with Gasteiger partial charge < -0.3 is 4.90 Å². The topological polar surface area (TPSA) is 20.3 Å². The van der Waals surface area contributed by atoms with Crippen LogP contribution in [0.4, 0.5) is 0 Å². The molecule has 1 aromatic rings. The van der Waals surface area contributed by atoms with Crippen LogP contribution in [0.3, 0.4) is 0 Å². The van der Waals surface area contributed by atoms with Crippen molar-refractivity contribution in [3.63, 3.8) is 0 Å². The molecule has 80 valence electrons. The maximum Gasteiger partial charge on any atom is 0.187 e. The standard InChI is InChI=1S/C13H17NO/c1-10-7-11(2)9-12(8-10)13(15)5-6-14(3)4/h5-9H,1-4H3/b6-5+. The number of allylic oxidation sites excluding steroid dienone is 1. The first kappa shape index (κ1) is 11.5. The monoisotopic (exact) mass is 203 g/mol. The predicted octanol–water partition coefficient (Wildman–Crippen LogP) is 2.56. The summed E-state index contributed by atoms with van der Waals surface area (Å²) in [6.07, 6.45) is 3.36. The largest absolute Gasteiger partial charge is 0.383 e. The fourth-order valence-electron chi connectivity index (χ4n) is 1.43. The van der Waals surface area contributed by atoms with E-state index in [9.17, 15) is 4.79 Å². The molecule has 0 spiro atoms. The van der Waals surface area contributed by atoms with Gasteiger partial charge in [0.25, 0.3) is 0 Å². The Morgan fingerprint density at radius 2 is 1.67 bits per heavy atom. The van der Waals surface area contributed by atoms with Gasteiger partial charge in [-0.2, -0.15) is 0 Å². The maximum absolute atomic E-state index is 11.7. The van der Waals surface area contributed by atoms with Gasteiger partial charge in [-0.1, -0.05) is 17.2 Å². The fraction of sp³-hybridized carbons (Fsp3) is 0.308. The highest BCUT2D eigenvalue weighted by molar-refractivity contribution is 6.04. The molecule has 1 aromatic carbocycles. The lowest BCUT2D eigenvalue weighted by atomic mass is 10.0. The molecular weight excluding hydrogens is 186 g/mol. The molecule has 0 atom stereocenters. The van der Waals surface area contributed by atoms with Crippen molar-refractivity contribution in [3.05, 3.63) is 47.2 Å². The van der Waals surface area contributed by atoms with Crippen LogP contribution < -0.4 is 0 Å². The van der Waals surface area contributed by atoms with Crippen molar-refractivity contribution in [2.45, 2.75) is 13.8 Å². The highest BCUT2D eigenvalue weighted by Crippen LogP contribution is 2.09. The summed E-state index contributed by atoms with van der Waals surface area (Å²) in [4.78, 5) is 13.6. The number of rotatable bonds is 3. The average molecular weight is 203 g/mol. The van der Waals surface area contributed by atoms with E-state index < -0.39 is 0 Å². The summed E-state index contributed by atoms with van der Waals surface area (Å²) in [6, 6.07) is 5.89. The zero-order valence-corrected chi connectivity index (χ0v) is 9.74. The van der Waals surface area contributed by atoms with Gasteiger partial charge in [0.05, 0.1) is 0 Å². The SMILES string of the molecule is Cc1cc(C)cc(C(=O)/C=C/N(C)C)c1. The minimum absolute atomic E-state index is 0.0514. The van der Waals surface area contributed by atoms with E-state index in [2.05, 4.69) is 6.07 Å². The molecule has 2 heteroatoms. The van der Waals surface area contributed by atoms with Gasteiger partial charge in [0.2, 0.25) is 0 Å². The second kappa shape index (κ2) is 4.78. The van der Waals surface area contributed by atoms with Crippen LogP contribution in [-0.4, -0.2) is 24.8 Å². The lowest BCUT2D eigenvalue weighted by Crippen LogP contribution is -2.03. The zero-order chi connectivity index (χ0) is 11.4. The van der Waals surface area contributed by atoms with Crippen LogP contribution in [0, 0.1) is 13.8 Å². The molecule has 0 N–H and O–H groups in total. The summed E-state index contributed by atoms with van der Waals surface area (Å²) in [7, 11) is 3.79. The molecular formula is C13H17NO. The number of aryl methyl sites for hydroxylation is 2. The molecule has 0 aliphatic carbocycles. The molecule has 0 amide bonds. The molecule has 0 aromatic heterocycles. The third-order valence-electron chi connectivity index (χ3n) is 2.03. The smallest absolute Gasteiger partial charge is 0.187 e. The van der Waals surface area contributed by atoms with Crippen LogP contribution in [-0.2, 0) is 0 Å². The van der Waals surface area contributed by atoms with E-state index in [1.807, 2.05) is 45.0 Å². The quantitative estimate of drug-likeness (QED) is 0.556. The van der Waals surface area contributed by atoms with Crippen molar-refractivity contribution >= 4 is 5.78 Å². The Bertz CT molecular complexity index is 371. The first-order valence-electron chi connectivity index (χ1n) is 4.96. The molecule has 1 rings (SSSR count). The van der Waals surface area contributed by atoms with E-state index in [1.54, 1.807) is 12.3 Å². The normalized spacial score (nSPS) is 10.7. The molecule has 0 saturated carbocycles. The molecule has 0 fully saturated rings. The molecule has 0 aliphatic heterocycles. The Kier molecular flexibility index (Phi) is 3.67. The van der Waals surface area contributed by atoms with E-state index in [0.29, 0.717) is 0 Å². The summed E-state index contributed by atoms with van der Waals surface area (Å²) < 4.78 is 0. The van der Waals surface area contributed by atoms with Crippen molar-refractivity contribution in [1.29, 1.82) is 0 Å². The van der Waals surface area contributed by atoms with Crippen LogP contribution in [0.5, 0.6) is 0 Å². The maximum atomic E-state index is 11.7. The summed E-state index contributed by atoms with van der Waals surface area (Å²) in [5, 5.41) is 0. The van der Waals surface area contributed by atoms with E-state index in [4.69, 9.17) is 0 Å². The number of hydrogen-bond donors (Lipinski definition) is 0. The highest BCUT2D eigenvalue weighted by atomic mass is 16.1. The van der Waals surface area contributed by atoms with Crippen molar-refractivity contribution in [3.8, 4) is 0 Å². The number of hydrogen-bond acceptors (Lipinski definition) is 2. The molecule has 0 saturated heterocycles. The van der Waals surface area contributed by atoms with Gasteiger partial charge in [-0.25, -0.2) is 0 Å². The van der Waals surface area contributed by atoms with Gasteiger partial charge in [-0.3, -0.25) is 4.79 Å². The molecule has 0 bridgehead atoms. The number of benzene rings is 1. The van der Waals surface area contributed by atoms with Gasteiger partial charge >= 0.3 is 0 Å². The number of ketones is 1. The fourth-order valence-corrected chi connectivity index (χ4v) is 1.43. The Hall–Kier alpha value is -1.57. The van der Waals surface area contributed by atoms with Gasteiger partial charge in [0.1, 0.15) is 0 Å². The Morgan fingerprint density at radius 1 is 1.13 bits per heavy atom. The zero-order valence-electron chi connectivity index (χ0n) is 9.74. The second-order valence-electron chi connectivity index (χ2n) is 4.02. The molecule has 0 unspecified atom stereocenters. The van der Waals surface area contributed by atoms with Crippen LogP contribution >= 0.6 is 0 Å². The second-order valence-corrected chi connectivity index (χ2v) is 4.02. The third-order valence-corrected chi connectivity index (χ3v) is 2.03. The van der Waals surface area contributed by atoms with E-state index in [1.165, 1.54) is 0 Å². The predicted molar refractivity (Wildman–Crippen MR) is 63.1 cm³/mol. The van der Waals surface area contributed by atoms with Gasteiger partial charge in [-0.15, -0.1) is 0 Å². The average Bonchev–Trinajstić information content (AvgIpc) is 2.12. The summed E-state index contributed by atoms with van der Waals surface area (Å²) in [5.41, 5.74) is 3.00. The van der Waals surface area contributed by atoms with Crippen LogP contribution in [0.2, 0.25) is 0 Å². The minimum atomic E-state index is 0.0514. The first-order valence-corrected chi connectivity index (χ1v) is 4.96. The number of carbonyl (C=O) groups is 1. The van der Waals surface area contributed by atoms with Gasteiger partial charge in [0, 0.05) is 31.9 Å². The first-order chi connectivity index (χ1) is 6.99.